The van der Waals surface area contributed by atoms with Gasteiger partial charge in [0.1, 0.15) is 11.5 Å². The number of aromatic nitrogens is 3. The van der Waals surface area contributed by atoms with Crippen LogP contribution in [0, 0.1) is 5.92 Å². The summed E-state index contributed by atoms with van der Waals surface area (Å²) in [6.45, 7) is 0. The van der Waals surface area contributed by atoms with Crippen LogP contribution in [0.3, 0.4) is 0 Å². The summed E-state index contributed by atoms with van der Waals surface area (Å²) in [6.07, 6.45) is 7.05. The molecule has 1 spiro atoms. The molecule has 3 aliphatic rings. The standard InChI is InChI=1S/C52H35N3OS/c1-2-13-33(14-3-1)49-53-50(55-51(54-49)35-29-30-40-39-17-6-11-24-46(39)57-47(40)31-35)34-27-25-32(26-28-34)36-18-12-22-44-48(36)56-45-23-10-9-21-43(45)52(44)41-19-7-4-15-37(41)38-16-5-8-20-42(38)52/h1-7,9-19,21-31,38,42H,8,20H2. The highest BCUT2D eigenvalue weighted by atomic mass is 32.1. The fourth-order valence-corrected chi connectivity index (χ4v) is 11.2. The van der Waals surface area contributed by atoms with E-state index < -0.39 is 0 Å². The number of hydrogen-bond acceptors (Lipinski definition) is 5. The highest BCUT2D eigenvalue weighted by molar-refractivity contribution is 7.25. The van der Waals surface area contributed by atoms with Crippen molar-refractivity contribution < 1.29 is 4.74 Å². The Labute approximate surface area is 334 Å². The summed E-state index contributed by atoms with van der Waals surface area (Å²) < 4.78 is 9.48. The number of benzene rings is 7. The molecule has 12 rings (SSSR count). The molecule has 0 bridgehead atoms. The van der Waals surface area contributed by atoms with Gasteiger partial charge in [-0.2, -0.15) is 0 Å². The van der Waals surface area contributed by atoms with Crippen molar-refractivity contribution in [2.75, 3.05) is 0 Å². The van der Waals surface area contributed by atoms with Crippen molar-refractivity contribution >= 4 is 31.5 Å². The van der Waals surface area contributed by atoms with Crippen LogP contribution < -0.4 is 4.74 Å². The fraction of sp³-hybridized carbons (Fsp3) is 0.0962. The molecule has 4 nitrogen and oxygen atoms in total. The van der Waals surface area contributed by atoms with Gasteiger partial charge >= 0.3 is 0 Å². The summed E-state index contributed by atoms with van der Waals surface area (Å²) in [6, 6.07) is 58.5. The number of fused-ring (bicyclic) bond motifs is 12. The number of rotatable bonds is 4. The van der Waals surface area contributed by atoms with Crippen LogP contribution in [-0.4, -0.2) is 15.0 Å². The first-order valence-electron chi connectivity index (χ1n) is 19.7. The zero-order chi connectivity index (χ0) is 37.5. The molecule has 0 amide bonds. The molecule has 0 saturated carbocycles. The Balaban J connectivity index is 0.981. The molecule has 0 saturated heterocycles. The molecular weight excluding hydrogens is 715 g/mol. The second-order valence-electron chi connectivity index (χ2n) is 15.4. The molecule has 0 fully saturated rings. The third-order valence-corrected chi connectivity index (χ3v) is 13.6. The number of allylic oxidation sites excluding steroid dienone is 2. The van der Waals surface area contributed by atoms with Gasteiger partial charge in [-0.05, 0) is 53.6 Å². The average Bonchev–Trinajstić information content (AvgIpc) is 3.80. The topological polar surface area (TPSA) is 47.9 Å². The monoisotopic (exact) mass is 749 g/mol. The van der Waals surface area contributed by atoms with Gasteiger partial charge in [0.2, 0.25) is 0 Å². The predicted octanol–water partition coefficient (Wildman–Crippen LogP) is 13.4. The Bertz CT molecular complexity index is 3080. The maximum atomic E-state index is 6.99. The Hall–Kier alpha value is -6.69. The minimum atomic E-state index is -0.305. The molecule has 2 aromatic heterocycles. The molecule has 9 aromatic rings. The van der Waals surface area contributed by atoms with E-state index in [1.165, 1.54) is 42.4 Å². The molecule has 57 heavy (non-hydrogen) atoms. The fourth-order valence-electron chi connectivity index (χ4n) is 10.0. The van der Waals surface area contributed by atoms with Gasteiger partial charge in [0, 0.05) is 59.5 Å². The Morgan fingerprint density at radius 1 is 0.526 bits per heavy atom. The summed E-state index contributed by atoms with van der Waals surface area (Å²) in [4.78, 5) is 15.2. The van der Waals surface area contributed by atoms with Crippen LogP contribution in [-0.2, 0) is 5.41 Å². The average molecular weight is 750 g/mol. The first-order chi connectivity index (χ1) is 28.2. The van der Waals surface area contributed by atoms with Crippen molar-refractivity contribution in [2.45, 2.75) is 24.2 Å². The maximum Gasteiger partial charge on any atom is 0.164 e. The van der Waals surface area contributed by atoms with E-state index in [-0.39, 0.29) is 5.41 Å². The number of hydrogen-bond donors (Lipinski definition) is 0. The second kappa shape index (κ2) is 12.7. The lowest BCUT2D eigenvalue weighted by Crippen LogP contribution is -2.38. The van der Waals surface area contributed by atoms with Crippen LogP contribution in [0.25, 0.3) is 65.5 Å². The van der Waals surface area contributed by atoms with E-state index in [2.05, 4.69) is 158 Å². The molecular formula is C52H35N3OS. The van der Waals surface area contributed by atoms with Crippen LogP contribution in [0.1, 0.15) is 41.0 Å². The van der Waals surface area contributed by atoms with E-state index in [0.717, 1.165) is 52.2 Å². The summed E-state index contributed by atoms with van der Waals surface area (Å²) in [5.74, 6) is 4.61. The SMILES string of the molecule is C1=CC2c3ccccc3C3(c4ccccc4Oc4c(-c5ccc(-c6nc(-c7ccccc7)nc(-c7ccc8c(c7)sc7ccccc78)n6)cc5)cccc43)C2CC1. The third kappa shape index (κ3) is 4.89. The number of nitrogens with zero attached hydrogens (tertiary/aromatic N) is 3. The highest BCUT2D eigenvalue weighted by Gasteiger charge is 2.57. The van der Waals surface area contributed by atoms with Gasteiger partial charge in [-0.25, -0.2) is 15.0 Å². The maximum absolute atomic E-state index is 6.99. The van der Waals surface area contributed by atoms with Crippen LogP contribution in [0.5, 0.6) is 11.5 Å². The van der Waals surface area contributed by atoms with Gasteiger partial charge in [-0.1, -0.05) is 158 Å². The smallest absolute Gasteiger partial charge is 0.164 e. The second-order valence-corrected chi connectivity index (χ2v) is 16.5. The van der Waals surface area contributed by atoms with Gasteiger partial charge < -0.3 is 4.74 Å². The van der Waals surface area contributed by atoms with E-state index in [4.69, 9.17) is 19.7 Å². The quantitative estimate of drug-likeness (QED) is 0.168. The Kier molecular flexibility index (Phi) is 7.23. The number of thiophene rings is 1. The van der Waals surface area contributed by atoms with Crippen molar-refractivity contribution in [3.05, 3.63) is 198 Å². The zero-order valence-electron chi connectivity index (χ0n) is 31.0. The molecule has 3 atom stereocenters. The number of para-hydroxylation sites is 2. The van der Waals surface area contributed by atoms with E-state index in [1.807, 2.05) is 18.2 Å². The minimum absolute atomic E-state index is 0.305. The van der Waals surface area contributed by atoms with Crippen molar-refractivity contribution in [3.8, 4) is 56.8 Å². The van der Waals surface area contributed by atoms with Crippen molar-refractivity contribution in [3.63, 3.8) is 0 Å². The van der Waals surface area contributed by atoms with Gasteiger partial charge in [0.15, 0.2) is 17.5 Å². The van der Waals surface area contributed by atoms with Crippen LogP contribution in [0.15, 0.2) is 176 Å². The van der Waals surface area contributed by atoms with E-state index in [0.29, 0.717) is 29.3 Å². The van der Waals surface area contributed by atoms with E-state index in [9.17, 15) is 0 Å². The minimum Gasteiger partial charge on any atom is -0.456 e. The lowest BCUT2D eigenvalue weighted by molar-refractivity contribution is 0.312. The summed E-state index contributed by atoms with van der Waals surface area (Å²) in [7, 11) is 0. The van der Waals surface area contributed by atoms with Crippen molar-refractivity contribution in [1.29, 1.82) is 0 Å². The normalized spacial score (nSPS) is 18.9. The molecule has 5 heteroatoms. The van der Waals surface area contributed by atoms with Gasteiger partial charge in [-0.15, -0.1) is 11.3 Å². The van der Waals surface area contributed by atoms with E-state index >= 15 is 0 Å². The van der Waals surface area contributed by atoms with Crippen LogP contribution >= 0.6 is 11.3 Å². The highest BCUT2D eigenvalue weighted by Crippen LogP contribution is 2.66. The lowest BCUT2D eigenvalue weighted by Gasteiger charge is -2.44. The molecule has 270 valence electrons. The molecule has 0 N–H and O–H groups in total. The molecule has 0 radical (unpaired) electrons. The van der Waals surface area contributed by atoms with Crippen molar-refractivity contribution in [1.82, 2.24) is 15.0 Å². The van der Waals surface area contributed by atoms with Crippen LogP contribution in [0.4, 0.5) is 0 Å². The first-order valence-corrected chi connectivity index (χ1v) is 20.6. The third-order valence-electron chi connectivity index (χ3n) is 12.4. The lowest BCUT2D eigenvalue weighted by atomic mass is 9.60. The van der Waals surface area contributed by atoms with Crippen LogP contribution in [0.2, 0.25) is 0 Å². The zero-order valence-corrected chi connectivity index (χ0v) is 31.8. The van der Waals surface area contributed by atoms with Crippen molar-refractivity contribution in [2.24, 2.45) is 5.92 Å². The molecule has 3 unspecified atom stereocenters. The largest absolute Gasteiger partial charge is 0.456 e. The van der Waals surface area contributed by atoms with Gasteiger partial charge in [-0.3, -0.25) is 0 Å². The summed E-state index contributed by atoms with van der Waals surface area (Å²) in [5.41, 5.74) is 10.1. The van der Waals surface area contributed by atoms with Gasteiger partial charge in [0.25, 0.3) is 0 Å². The van der Waals surface area contributed by atoms with E-state index in [1.54, 1.807) is 11.3 Å². The predicted molar refractivity (Wildman–Crippen MR) is 232 cm³/mol. The Morgan fingerprint density at radius 3 is 2.04 bits per heavy atom. The molecule has 2 aliphatic carbocycles. The number of ether oxygens (including phenoxy) is 1. The summed E-state index contributed by atoms with van der Waals surface area (Å²) in [5, 5.41) is 2.53. The molecule has 7 aromatic carbocycles. The summed E-state index contributed by atoms with van der Waals surface area (Å²) >= 11 is 1.80. The van der Waals surface area contributed by atoms with Gasteiger partial charge in [0.05, 0.1) is 5.41 Å². The molecule has 3 heterocycles. The first kappa shape index (κ1) is 32.5. The Morgan fingerprint density at radius 2 is 1.18 bits per heavy atom. The molecule has 1 aliphatic heterocycles.